The van der Waals surface area contributed by atoms with Crippen molar-refractivity contribution in [3.8, 4) is 11.5 Å². The molecule has 0 fully saturated rings. The summed E-state index contributed by atoms with van der Waals surface area (Å²) in [5, 5.41) is 3.75. The summed E-state index contributed by atoms with van der Waals surface area (Å²) in [7, 11) is 3.12. The van der Waals surface area contributed by atoms with Crippen LogP contribution in [0.3, 0.4) is 0 Å². The average molecular weight is 252 g/mol. The highest BCUT2D eigenvalue weighted by molar-refractivity contribution is 5.82. The van der Waals surface area contributed by atoms with Crippen LogP contribution in [0.4, 0.5) is 4.79 Å². The molecule has 0 radical (unpaired) electrons. The number of hydrogen-bond acceptors (Lipinski definition) is 5. The van der Waals surface area contributed by atoms with E-state index in [1.165, 1.54) is 6.21 Å². The zero-order valence-corrected chi connectivity index (χ0v) is 10.6. The molecule has 0 aliphatic heterocycles. The number of amides is 1. The molecule has 0 spiro atoms. The summed E-state index contributed by atoms with van der Waals surface area (Å²) in [5.41, 5.74) is 2.97. The fourth-order valence-corrected chi connectivity index (χ4v) is 1.23. The van der Waals surface area contributed by atoms with Gasteiger partial charge >= 0.3 is 6.09 Å². The minimum Gasteiger partial charge on any atom is -0.497 e. The number of rotatable bonds is 5. The Hall–Kier alpha value is -2.24. The van der Waals surface area contributed by atoms with Crippen LogP contribution in [0.2, 0.25) is 0 Å². The smallest absolute Gasteiger partial charge is 0.427 e. The van der Waals surface area contributed by atoms with Gasteiger partial charge in [-0.1, -0.05) is 0 Å². The second kappa shape index (κ2) is 7.16. The van der Waals surface area contributed by atoms with Gasteiger partial charge in [0, 0.05) is 11.6 Å². The van der Waals surface area contributed by atoms with E-state index in [1.807, 2.05) is 0 Å². The van der Waals surface area contributed by atoms with Gasteiger partial charge in [-0.15, -0.1) is 0 Å². The van der Waals surface area contributed by atoms with Crippen LogP contribution in [-0.2, 0) is 4.74 Å². The Morgan fingerprint density at radius 3 is 2.39 bits per heavy atom. The molecule has 18 heavy (non-hydrogen) atoms. The molecular weight excluding hydrogens is 236 g/mol. The number of nitrogens with one attached hydrogen (secondary N) is 1. The number of nitrogens with zero attached hydrogens (tertiary/aromatic N) is 1. The third-order valence-electron chi connectivity index (χ3n) is 2.02. The summed E-state index contributed by atoms with van der Waals surface area (Å²) in [5.74, 6) is 1.29. The van der Waals surface area contributed by atoms with E-state index in [9.17, 15) is 4.79 Å². The van der Waals surface area contributed by atoms with Gasteiger partial charge in [-0.2, -0.15) is 5.10 Å². The maximum atomic E-state index is 11.0. The quantitative estimate of drug-likeness (QED) is 0.640. The van der Waals surface area contributed by atoms with E-state index in [4.69, 9.17) is 9.47 Å². The number of carbonyl (C=O) groups excluding carboxylic acids is 1. The van der Waals surface area contributed by atoms with Crippen LogP contribution < -0.4 is 14.9 Å². The summed E-state index contributed by atoms with van der Waals surface area (Å²) in [6.45, 7) is 2.02. The zero-order chi connectivity index (χ0) is 13.4. The van der Waals surface area contributed by atoms with Gasteiger partial charge in [0.2, 0.25) is 0 Å². The van der Waals surface area contributed by atoms with Gasteiger partial charge in [-0.05, 0) is 19.1 Å². The van der Waals surface area contributed by atoms with E-state index in [0.29, 0.717) is 18.1 Å². The predicted molar refractivity (Wildman–Crippen MR) is 67.3 cm³/mol. The van der Waals surface area contributed by atoms with Gasteiger partial charge in [0.15, 0.2) is 0 Å². The Kier molecular flexibility index (Phi) is 5.50. The minimum atomic E-state index is -0.594. The van der Waals surface area contributed by atoms with E-state index in [0.717, 1.165) is 5.56 Å². The molecule has 98 valence electrons. The largest absolute Gasteiger partial charge is 0.497 e. The summed E-state index contributed by atoms with van der Waals surface area (Å²) >= 11 is 0. The van der Waals surface area contributed by atoms with Crippen LogP contribution in [0.15, 0.2) is 23.3 Å². The van der Waals surface area contributed by atoms with E-state index < -0.39 is 6.09 Å². The van der Waals surface area contributed by atoms with Crippen molar-refractivity contribution < 1.29 is 19.0 Å². The molecule has 0 atom stereocenters. The molecule has 0 aromatic heterocycles. The van der Waals surface area contributed by atoms with E-state index in [2.05, 4.69) is 15.3 Å². The molecule has 0 saturated carbocycles. The lowest BCUT2D eigenvalue weighted by Gasteiger charge is -2.05. The van der Waals surface area contributed by atoms with Crippen molar-refractivity contribution >= 4 is 12.3 Å². The SMILES string of the molecule is CCOC(=O)NN=Cc1cc(OC)cc(OC)c1. The van der Waals surface area contributed by atoms with E-state index in [-0.39, 0.29) is 0 Å². The fourth-order valence-electron chi connectivity index (χ4n) is 1.23. The first-order valence-corrected chi connectivity index (χ1v) is 5.38. The maximum absolute atomic E-state index is 11.0. The molecule has 0 aliphatic carbocycles. The van der Waals surface area contributed by atoms with Crippen molar-refractivity contribution in [2.75, 3.05) is 20.8 Å². The highest BCUT2D eigenvalue weighted by Crippen LogP contribution is 2.21. The van der Waals surface area contributed by atoms with Gasteiger partial charge in [-0.25, -0.2) is 10.2 Å². The molecule has 1 rings (SSSR count). The maximum Gasteiger partial charge on any atom is 0.427 e. The minimum absolute atomic E-state index is 0.300. The first-order valence-electron chi connectivity index (χ1n) is 5.38. The topological polar surface area (TPSA) is 69.2 Å². The number of benzene rings is 1. The molecule has 1 N–H and O–H groups in total. The monoisotopic (exact) mass is 252 g/mol. The Morgan fingerprint density at radius 2 is 1.89 bits per heavy atom. The normalized spacial score (nSPS) is 10.2. The molecule has 0 heterocycles. The van der Waals surface area contributed by atoms with Crippen LogP contribution in [-0.4, -0.2) is 33.1 Å². The molecule has 0 bridgehead atoms. The number of hydrazone groups is 1. The number of carbonyl (C=O) groups is 1. The lowest BCUT2D eigenvalue weighted by molar-refractivity contribution is 0.152. The van der Waals surface area contributed by atoms with Crippen molar-refractivity contribution in [1.29, 1.82) is 0 Å². The summed E-state index contributed by atoms with van der Waals surface area (Å²) in [4.78, 5) is 11.0. The van der Waals surface area contributed by atoms with Gasteiger partial charge in [0.05, 0.1) is 27.0 Å². The zero-order valence-electron chi connectivity index (χ0n) is 10.6. The second-order valence-electron chi connectivity index (χ2n) is 3.24. The third kappa shape index (κ3) is 4.32. The molecule has 1 aromatic rings. The molecule has 0 saturated heterocycles. The predicted octanol–water partition coefficient (Wildman–Crippen LogP) is 1.78. The van der Waals surface area contributed by atoms with Crippen LogP contribution in [0.25, 0.3) is 0 Å². The van der Waals surface area contributed by atoms with Crippen LogP contribution >= 0.6 is 0 Å². The van der Waals surface area contributed by atoms with Crippen molar-refractivity contribution in [3.05, 3.63) is 23.8 Å². The Labute approximate surface area is 106 Å². The van der Waals surface area contributed by atoms with Gasteiger partial charge in [0.1, 0.15) is 11.5 Å². The Bertz CT molecular complexity index is 410. The molecule has 1 amide bonds. The number of hydrogen-bond donors (Lipinski definition) is 1. The number of ether oxygens (including phenoxy) is 3. The highest BCUT2D eigenvalue weighted by Gasteiger charge is 2.00. The molecule has 0 aliphatic rings. The van der Waals surface area contributed by atoms with E-state index >= 15 is 0 Å². The van der Waals surface area contributed by atoms with Crippen molar-refractivity contribution in [3.63, 3.8) is 0 Å². The number of methoxy groups -OCH3 is 2. The van der Waals surface area contributed by atoms with Crippen molar-refractivity contribution in [1.82, 2.24) is 5.43 Å². The van der Waals surface area contributed by atoms with Crippen molar-refractivity contribution in [2.45, 2.75) is 6.92 Å². The van der Waals surface area contributed by atoms with Gasteiger partial charge < -0.3 is 14.2 Å². The Balaban J connectivity index is 2.71. The lowest BCUT2D eigenvalue weighted by atomic mass is 10.2. The summed E-state index contributed by atoms with van der Waals surface area (Å²) in [6, 6.07) is 5.27. The van der Waals surface area contributed by atoms with E-state index in [1.54, 1.807) is 39.3 Å². The molecule has 1 aromatic carbocycles. The molecular formula is C12H16N2O4. The molecule has 6 heteroatoms. The van der Waals surface area contributed by atoms with Crippen molar-refractivity contribution in [2.24, 2.45) is 5.10 Å². The third-order valence-corrected chi connectivity index (χ3v) is 2.02. The van der Waals surface area contributed by atoms with Crippen LogP contribution in [0.1, 0.15) is 12.5 Å². The molecule has 6 nitrogen and oxygen atoms in total. The van der Waals surface area contributed by atoms with Gasteiger partial charge in [0.25, 0.3) is 0 Å². The molecule has 0 unspecified atom stereocenters. The summed E-state index contributed by atoms with van der Waals surface area (Å²) < 4.78 is 14.9. The first kappa shape index (κ1) is 13.8. The van der Waals surface area contributed by atoms with Crippen LogP contribution in [0, 0.1) is 0 Å². The average Bonchev–Trinajstić information content (AvgIpc) is 2.38. The Morgan fingerprint density at radius 1 is 1.28 bits per heavy atom. The van der Waals surface area contributed by atoms with Gasteiger partial charge in [-0.3, -0.25) is 0 Å². The standard InChI is InChI=1S/C12H16N2O4/c1-4-18-12(15)14-13-8-9-5-10(16-2)7-11(6-9)17-3/h5-8H,4H2,1-3H3,(H,14,15). The van der Waals surface area contributed by atoms with Crippen LogP contribution in [0.5, 0.6) is 11.5 Å². The highest BCUT2D eigenvalue weighted by atomic mass is 16.5. The second-order valence-corrected chi connectivity index (χ2v) is 3.24. The summed E-state index contributed by atoms with van der Waals surface area (Å²) in [6.07, 6.45) is 0.880. The lowest BCUT2D eigenvalue weighted by Crippen LogP contribution is -2.18. The fraction of sp³-hybridized carbons (Fsp3) is 0.333. The first-order chi connectivity index (χ1) is 8.69.